The number of ether oxygens (including phenoxy) is 2. The van der Waals surface area contributed by atoms with Gasteiger partial charge in [-0.25, -0.2) is 18.0 Å². The first-order valence-electron chi connectivity index (χ1n) is 4.41. The van der Waals surface area contributed by atoms with Crippen molar-refractivity contribution in [1.82, 2.24) is 0 Å². The Kier molecular flexibility index (Phi) is 3.95. The molecule has 0 aliphatic heterocycles. The minimum absolute atomic E-state index is 0.252. The lowest BCUT2D eigenvalue weighted by Gasteiger charge is -2.14. The quantitative estimate of drug-likeness (QED) is 0.649. The third-order valence-corrected chi connectivity index (χ3v) is 2.06. The van der Waals surface area contributed by atoms with E-state index < -0.39 is 40.8 Å². The lowest BCUT2D eigenvalue weighted by Crippen LogP contribution is -2.17. The van der Waals surface area contributed by atoms with Crippen molar-refractivity contribution in [1.29, 1.82) is 0 Å². The summed E-state index contributed by atoms with van der Waals surface area (Å²) in [7, 11) is 1.93. The van der Waals surface area contributed by atoms with E-state index in [0.717, 1.165) is 14.2 Å². The molecule has 0 bridgehead atoms. The van der Waals surface area contributed by atoms with Gasteiger partial charge >= 0.3 is 5.97 Å². The molecule has 1 aromatic rings. The third-order valence-electron chi connectivity index (χ3n) is 2.06. The molecule has 1 unspecified atom stereocenters. The highest BCUT2D eigenvalue weighted by Crippen LogP contribution is 2.32. The lowest BCUT2D eigenvalue weighted by atomic mass is 10.1. The average Bonchev–Trinajstić information content (AvgIpc) is 2.31. The molecule has 0 fully saturated rings. The number of esters is 1. The zero-order valence-corrected chi connectivity index (χ0v) is 8.96. The van der Waals surface area contributed by atoms with Crippen molar-refractivity contribution in [2.75, 3.05) is 14.2 Å². The summed E-state index contributed by atoms with van der Waals surface area (Å²) in [6.07, 6.45) is -2.17. The van der Waals surface area contributed by atoms with Gasteiger partial charge < -0.3 is 14.6 Å². The van der Waals surface area contributed by atoms with Crippen LogP contribution in [0.4, 0.5) is 13.2 Å². The normalized spacial score (nSPS) is 12.1. The van der Waals surface area contributed by atoms with Crippen LogP contribution in [-0.4, -0.2) is 25.3 Å². The highest BCUT2D eigenvalue weighted by atomic mass is 19.2. The molecule has 94 valence electrons. The number of rotatable bonds is 3. The number of benzene rings is 1. The van der Waals surface area contributed by atoms with E-state index in [1.807, 2.05) is 0 Å². The van der Waals surface area contributed by atoms with Crippen molar-refractivity contribution in [3.05, 3.63) is 29.1 Å². The second-order valence-electron chi connectivity index (χ2n) is 3.03. The van der Waals surface area contributed by atoms with E-state index in [1.165, 1.54) is 0 Å². The fourth-order valence-corrected chi connectivity index (χ4v) is 1.28. The number of halogens is 3. The van der Waals surface area contributed by atoms with Gasteiger partial charge in [0, 0.05) is 6.07 Å². The van der Waals surface area contributed by atoms with Gasteiger partial charge in [0.1, 0.15) is 0 Å². The summed E-state index contributed by atoms with van der Waals surface area (Å²) >= 11 is 0. The Hall–Kier alpha value is -1.76. The summed E-state index contributed by atoms with van der Waals surface area (Å²) in [6, 6.07) is 0.252. The number of hydrogen-bond acceptors (Lipinski definition) is 4. The minimum atomic E-state index is -2.17. The molecule has 1 N–H and O–H groups in total. The first kappa shape index (κ1) is 13.3. The van der Waals surface area contributed by atoms with E-state index in [0.29, 0.717) is 0 Å². The van der Waals surface area contributed by atoms with Gasteiger partial charge in [-0.1, -0.05) is 0 Å². The number of aliphatic hydroxyl groups excluding tert-OH is 1. The van der Waals surface area contributed by atoms with Gasteiger partial charge in [-0.2, -0.15) is 0 Å². The summed E-state index contributed by atoms with van der Waals surface area (Å²) in [5.74, 6) is -6.35. The molecule has 7 heteroatoms. The third kappa shape index (κ3) is 2.33. The zero-order chi connectivity index (χ0) is 13.2. The summed E-state index contributed by atoms with van der Waals surface area (Å²) < 4.78 is 48.2. The Bertz CT molecular complexity index is 448. The molecule has 0 heterocycles. The number of carbonyl (C=O) groups is 1. The Morgan fingerprint density at radius 3 is 2.35 bits per heavy atom. The predicted molar refractivity (Wildman–Crippen MR) is 49.8 cm³/mol. The van der Waals surface area contributed by atoms with Gasteiger partial charge in [-0.05, 0) is 0 Å². The van der Waals surface area contributed by atoms with Crippen molar-refractivity contribution < 1.29 is 32.5 Å². The Balaban J connectivity index is 3.44. The van der Waals surface area contributed by atoms with Crippen molar-refractivity contribution >= 4 is 5.97 Å². The number of hydrogen-bond donors (Lipinski definition) is 1. The van der Waals surface area contributed by atoms with Gasteiger partial charge in [-0.15, -0.1) is 0 Å². The van der Waals surface area contributed by atoms with Crippen molar-refractivity contribution in [2.45, 2.75) is 6.10 Å². The molecule has 0 amide bonds. The molecule has 4 nitrogen and oxygen atoms in total. The van der Waals surface area contributed by atoms with Gasteiger partial charge in [0.2, 0.25) is 0 Å². The van der Waals surface area contributed by atoms with E-state index >= 15 is 0 Å². The topological polar surface area (TPSA) is 55.8 Å². The van der Waals surface area contributed by atoms with E-state index in [2.05, 4.69) is 9.47 Å². The number of methoxy groups -OCH3 is 2. The second-order valence-corrected chi connectivity index (χ2v) is 3.03. The first-order chi connectivity index (χ1) is 7.93. The van der Waals surface area contributed by atoms with Crippen LogP contribution in [0.2, 0.25) is 0 Å². The van der Waals surface area contributed by atoms with Crippen LogP contribution in [0, 0.1) is 17.5 Å². The maximum Gasteiger partial charge on any atom is 0.339 e. The SMILES string of the molecule is COC(=O)C(O)c1c(F)c(F)cc(F)c1OC. The van der Waals surface area contributed by atoms with Gasteiger partial charge in [0.05, 0.1) is 19.8 Å². The molecule has 0 radical (unpaired) electrons. The fourth-order valence-electron chi connectivity index (χ4n) is 1.28. The monoisotopic (exact) mass is 250 g/mol. The van der Waals surface area contributed by atoms with Crippen LogP contribution in [0.25, 0.3) is 0 Å². The van der Waals surface area contributed by atoms with Crippen LogP contribution < -0.4 is 4.74 Å². The molecule has 1 aromatic carbocycles. The van der Waals surface area contributed by atoms with Crippen LogP contribution in [-0.2, 0) is 9.53 Å². The maximum atomic E-state index is 13.4. The largest absolute Gasteiger partial charge is 0.493 e. The molecule has 1 rings (SSSR count). The minimum Gasteiger partial charge on any atom is -0.493 e. The van der Waals surface area contributed by atoms with Crippen LogP contribution in [0.1, 0.15) is 11.7 Å². The fraction of sp³-hybridized carbons (Fsp3) is 0.300. The van der Waals surface area contributed by atoms with Crippen LogP contribution in [0.3, 0.4) is 0 Å². The van der Waals surface area contributed by atoms with E-state index in [9.17, 15) is 23.1 Å². The molecule has 17 heavy (non-hydrogen) atoms. The van der Waals surface area contributed by atoms with Gasteiger partial charge in [0.15, 0.2) is 29.3 Å². The predicted octanol–water partition coefficient (Wildman–Crippen LogP) is 1.32. The Morgan fingerprint density at radius 1 is 1.29 bits per heavy atom. The second kappa shape index (κ2) is 5.05. The molecular formula is C10H9F3O4. The van der Waals surface area contributed by atoms with E-state index in [1.54, 1.807) is 0 Å². The molecule has 0 spiro atoms. The van der Waals surface area contributed by atoms with E-state index in [-0.39, 0.29) is 6.07 Å². The van der Waals surface area contributed by atoms with Crippen molar-refractivity contribution in [2.24, 2.45) is 0 Å². The standard InChI is InChI=1S/C10H9F3O4/c1-16-9-5(12)3-4(11)7(13)6(9)8(14)10(15)17-2/h3,8,14H,1-2H3. The summed E-state index contributed by atoms with van der Waals surface area (Å²) in [6.45, 7) is 0. The molecule has 1 atom stereocenters. The summed E-state index contributed by atoms with van der Waals surface area (Å²) in [5.41, 5.74) is -0.933. The van der Waals surface area contributed by atoms with Gasteiger partial charge in [-0.3, -0.25) is 0 Å². The smallest absolute Gasteiger partial charge is 0.339 e. The molecule has 0 aliphatic carbocycles. The van der Waals surface area contributed by atoms with Crippen molar-refractivity contribution in [3.63, 3.8) is 0 Å². The molecule has 0 saturated heterocycles. The molecular weight excluding hydrogens is 241 g/mol. The van der Waals surface area contributed by atoms with Crippen LogP contribution in [0.15, 0.2) is 6.07 Å². The maximum absolute atomic E-state index is 13.4. The summed E-state index contributed by atoms with van der Waals surface area (Å²) in [5, 5.41) is 9.40. The van der Waals surface area contributed by atoms with Crippen LogP contribution >= 0.6 is 0 Å². The molecule has 0 aliphatic rings. The van der Waals surface area contributed by atoms with Crippen molar-refractivity contribution in [3.8, 4) is 5.75 Å². The highest BCUT2D eigenvalue weighted by Gasteiger charge is 2.30. The Morgan fingerprint density at radius 2 is 1.88 bits per heavy atom. The zero-order valence-electron chi connectivity index (χ0n) is 8.96. The number of aliphatic hydroxyl groups is 1. The average molecular weight is 250 g/mol. The molecule has 0 aromatic heterocycles. The summed E-state index contributed by atoms with van der Waals surface area (Å²) in [4.78, 5) is 11.0. The number of carbonyl (C=O) groups excluding carboxylic acids is 1. The van der Waals surface area contributed by atoms with Crippen LogP contribution in [0.5, 0.6) is 5.75 Å². The lowest BCUT2D eigenvalue weighted by molar-refractivity contribution is -0.151. The molecule has 0 saturated carbocycles. The van der Waals surface area contributed by atoms with Gasteiger partial charge in [0.25, 0.3) is 0 Å². The highest BCUT2D eigenvalue weighted by molar-refractivity contribution is 5.77. The Labute approximate surface area is 94.6 Å². The van der Waals surface area contributed by atoms with E-state index in [4.69, 9.17) is 0 Å². The first-order valence-corrected chi connectivity index (χ1v) is 4.41.